The molecule has 3 aromatic rings. The molecule has 2 aromatic carbocycles. The van der Waals surface area contributed by atoms with Crippen LogP contribution in [0.25, 0.3) is 11.3 Å². The number of carbonyl (C=O) groups is 2. The van der Waals surface area contributed by atoms with Gasteiger partial charge in [0.15, 0.2) is 0 Å². The molecule has 1 heterocycles. The van der Waals surface area contributed by atoms with Crippen molar-refractivity contribution < 1.29 is 9.59 Å². The Balaban J connectivity index is 1.95. The molecule has 6 heteroatoms. The Labute approximate surface area is 183 Å². The van der Waals surface area contributed by atoms with E-state index in [1.165, 1.54) is 10.5 Å². The van der Waals surface area contributed by atoms with Gasteiger partial charge in [0.1, 0.15) is 5.69 Å². The maximum absolute atomic E-state index is 13.3. The van der Waals surface area contributed by atoms with Gasteiger partial charge in [-0.1, -0.05) is 42.5 Å². The van der Waals surface area contributed by atoms with Gasteiger partial charge in [-0.05, 0) is 50.5 Å². The number of aromatic nitrogens is 2. The summed E-state index contributed by atoms with van der Waals surface area (Å²) in [6.07, 6.45) is 1.77. The van der Waals surface area contributed by atoms with E-state index < -0.39 is 0 Å². The third-order valence-corrected chi connectivity index (χ3v) is 5.14. The van der Waals surface area contributed by atoms with E-state index in [0.29, 0.717) is 17.8 Å². The highest BCUT2D eigenvalue weighted by molar-refractivity contribution is 6.01. The SMILES string of the molecule is Cc1ccc(-c2nn(Cc3ccccc3)cc2C(=O)N(C)CC(=O)NC(C)C)cc1C. The number of nitrogens with one attached hydrogen (secondary N) is 1. The summed E-state index contributed by atoms with van der Waals surface area (Å²) in [6.45, 7) is 8.44. The van der Waals surface area contributed by atoms with Crippen LogP contribution >= 0.6 is 0 Å². The van der Waals surface area contributed by atoms with Crippen molar-refractivity contribution in [3.63, 3.8) is 0 Å². The topological polar surface area (TPSA) is 67.2 Å². The number of amides is 2. The number of aryl methyl sites for hydroxylation is 2. The van der Waals surface area contributed by atoms with Crippen LogP contribution in [-0.2, 0) is 11.3 Å². The van der Waals surface area contributed by atoms with E-state index in [1.807, 2.05) is 69.3 Å². The highest BCUT2D eigenvalue weighted by Crippen LogP contribution is 2.26. The number of hydrogen-bond acceptors (Lipinski definition) is 3. The smallest absolute Gasteiger partial charge is 0.257 e. The minimum atomic E-state index is -0.230. The fraction of sp³-hybridized carbons (Fsp3) is 0.320. The molecule has 0 aliphatic rings. The van der Waals surface area contributed by atoms with Gasteiger partial charge in [0.25, 0.3) is 5.91 Å². The van der Waals surface area contributed by atoms with Crippen molar-refractivity contribution in [2.24, 2.45) is 0 Å². The molecule has 31 heavy (non-hydrogen) atoms. The molecule has 0 unspecified atom stereocenters. The summed E-state index contributed by atoms with van der Waals surface area (Å²) in [5.41, 5.74) is 5.42. The third kappa shape index (κ3) is 5.60. The van der Waals surface area contributed by atoms with Crippen molar-refractivity contribution in [2.75, 3.05) is 13.6 Å². The highest BCUT2D eigenvalue weighted by Gasteiger charge is 2.23. The zero-order valence-corrected chi connectivity index (χ0v) is 18.8. The lowest BCUT2D eigenvalue weighted by atomic mass is 10.0. The van der Waals surface area contributed by atoms with Gasteiger partial charge in [-0.25, -0.2) is 0 Å². The van der Waals surface area contributed by atoms with Gasteiger partial charge in [0, 0.05) is 24.8 Å². The molecule has 2 amide bonds. The van der Waals surface area contributed by atoms with E-state index in [9.17, 15) is 9.59 Å². The summed E-state index contributed by atoms with van der Waals surface area (Å²) in [6, 6.07) is 16.1. The van der Waals surface area contributed by atoms with Crippen LogP contribution in [-0.4, -0.2) is 46.1 Å². The molecule has 1 N–H and O–H groups in total. The molecule has 1 aromatic heterocycles. The van der Waals surface area contributed by atoms with Crippen molar-refractivity contribution in [1.29, 1.82) is 0 Å². The predicted octanol–water partition coefficient (Wildman–Crippen LogP) is 3.81. The van der Waals surface area contributed by atoms with Crippen LogP contribution in [0.2, 0.25) is 0 Å². The average molecular weight is 419 g/mol. The number of rotatable bonds is 7. The molecule has 0 aliphatic heterocycles. The van der Waals surface area contributed by atoms with E-state index in [0.717, 1.165) is 16.7 Å². The molecule has 162 valence electrons. The van der Waals surface area contributed by atoms with Gasteiger partial charge in [-0.3, -0.25) is 14.3 Å². The molecule has 0 radical (unpaired) electrons. The van der Waals surface area contributed by atoms with Crippen molar-refractivity contribution in [2.45, 2.75) is 40.3 Å². The normalized spacial score (nSPS) is 10.9. The predicted molar refractivity (Wildman–Crippen MR) is 123 cm³/mol. The van der Waals surface area contributed by atoms with Gasteiger partial charge in [-0.15, -0.1) is 0 Å². The summed E-state index contributed by atoms with van der Waals surface area (Å²) in [5, 5.41) is 7.57. The molecule has 0 fully saturated rings. The lowest BCUT2D eigenvalue weighted by Crippen LogP contribution is -2.40. The second-order valence-electron chi connectivity index (χ2n) is 8.26. The lowest BCUT2D eigenvalue weighted by molar-refractivity contribution is -0.122. The molecule has 0 saturated heterocycles. The first-order valence-electron chi connectivity index (χ1n) is 10.5. The van der Waals surface area contributed by atoms with E-state index >= 15 is 0 Å². The van der Waals surface area contributed by atoms with Crippen molar-refractivity contribution >= 4 is 11.8 Å². The Hall–Kier alpha value is -3.41. The first kappa shape index (κ1) is 22.3. The Morgan fingerprint density at radius 2 is 1.77 bits per heavy atom. The minimum Gasteiger partial charge on any atom is -0.352 e. The second kappa shape index (κ2) is 9.60. The average Bonchev–Trinajstić information content (AvgIpc) is 3.13. The van der Waals surface area contributed by atoms with Crippen LogP contribution in [0, 0.1) is 13.8 Å². The Morgan fingerprint density at radius 1 is 1.06 bits per heavy atom. The molecule has 3 rings (SSSR count). The third-order valence-electron chi connectivity index (χ3n) is 5.14. The summed E-state index contributed by atoms with van der Waals surface area (Å²) in [5.74, 6) is -0.415. The fourth-order valence-electron chi connectivity index (χ4n) is 3.39. The summed E-state index contributed by atoms with van der Waals surface area (Å²) in [7, 11) is 1.64. The fourth-order valence-corrected chi connectivity index (χ4v) is 3.39. The molecule has 6 nitrogen and oxygen atoms in total. The molecule has 0 saturated carbocycles. The number of hydrogen-bond donors (Lipinski definition) is 1. The van der Waals surface area contributed by atoms with Gasteiger partial charge in [-0.2, -0.15) is 5.10 Å². The highest BCUT2D eigenvalue weighted by atomic mass is 16.2. The summed E-state index contributed by atoms with van der Waals surface area (Å²) >= 11 is 0. The van der Waals surface area contributed by atoms with Crippen LogP contribution in [0.3, 0.4) is 0 Å². The van der Waals surface area contributed by atoms with E-state index in [-0.39, 0.29) is 24.4 Å². The molecule has 0 atom stereocenters. The van der Waals surface area contributed by atoms with Crippen molar-refractivity contribution in [3.05, 3.63) is 77.0 Å². The van der Waals surface area contributed by atoms with Crippen molar-refractivity contribution in [3.8, 4) is 11.3 Å². The number of carbonyl (C=O) groups excluding carboxylic acids is 2. The minimum absolute atomic E-state index is 0.00670. The van der Waals surface area contributed by atoms with Gasteiger partial charge in [0.2, 0.25) is 5.91 Å². The maximum atomic E-state index is 13.3. The Bertz CT molecular complexity index is 1070. The van der Waals surface area contributed by atoms with E-state index in [1.54, 1.807) is 17.9 Å². The van der Waals surface area contributed by atoms with Crippen LogP contribution in [0.15, 0.2) is 54.7 Å². The quantitative estimate of drug-likeness (QED) is 0.634. The Morgan fingerprint density at radius 3 is 2.42 bits per heavy atom. The van der Waals surface area contributed by atoms with E-state index in [4.69, 9.17) is 5.10 Å². The van der Waals surface area contributed by atoms with Gasteiger partial charge in [0.05, 0.1) is 18.7 Å². The second-order valence-corrected chi connectivity index (χ2v) is 8.26. The first-order chi connectivity index (χ1) is 14.7. The van der Waals surface area contributed by atoms with Gasteiger partial charge < -0.3 is 10.2 Å². The number of benzene rings is 2. The zero-order valence-electron chi connectivity index (χ0n) is 18.8. The maximum Gasteiger partial charge on any atom is 0.257 e. The number of nitrogens with zero attached hydrogens (tertiary/aromatic N) is 3. The Kier molecular flexibility index (Phi) is 6.90. The molecular weight excluding hydrogens is 388 g/mol. The van der Waals surface area contributed by atoms with Crippen LogP contribution < -0.4 is 5.32 Å². The zero-order chi connectivity index (χ0) is 22.5. The van der Waals surface area contributed by atoms with E-state index in [2.05, 4.69) is 12.2 Å². The summed E-state index contributed by atoms with van der Waals surface area (Å²) < 4.78 is 1.79. The first-order valence-corrected chi connectivity index (χ1v) is 10.5. The molecule has 0 spiro atoms. The molecule has 0 aliphatic carbocycles. The van der Waals surface area contributed by atoms with Gasteiger partial charge >= 0.3 is 0 Å². The summed E-state index contributed by atoms with van der Waals surface area (Å²) in [4.78, 5) is 26.9. The lowest BCUT2D eigenvalue weighted by Gasteiger charge is -2.18. The van der Waals surface area contributed by atoms with Crippen LogP contribution in [0.5, 0.6) is 0 Å². The number of likely N-dealkylation sites (N-methyl/N-ethyl adjacent to an activating group) is 1. The molecule has 0 bridgehead atoms. The molecular formula is C25H30N4O2. The van der Waals surface area contributed by atoms with Crippen LogP contribution in [0.4, 0.5) is 0 Å². The monoisotopic (exact) mass is 418 g/mol. The van der Waals surface area contributed by atoms with Crippen LogP contribution in [0.1, 0.15) is 40.9 Å². The van der Waals surface area contributed by atoms with Crippen molar-refractivity contribution in [1.82, 2.24) is 20.0 Å². The largest absolute Gasteiger partial charge is 0.352 e. The standard InChI is InChI=1S/C25H30N4O2/c1-17(2)26-23(30)16-28(5)25(31)22-15-29(14-20-9-7-6-8-10-20)27-24(22)21-12-11-18(3)19(4)13-21/h6-13,15,17H,14,16H2,1-5H3,(H,26,30).